The highest BCUT2D eigenvalue weighted by Crippen LogP contribution is 1.97. The van der Waals surface area contributed by atoms with E-state index in [0.29, 0.717) is 5.92 Å². The number of hydrogen-bond donors (Lipinski definition) is 1. The highest BCUT2D eigenvalue weighted by atomic mass is 14.7. The van der Waals surface area contributed by atoms with Crippen LogP contribution < -0.4 is 5.73 Å². The average Bonchev–Trinajstić information content (AvgIpc) is 1.89. The summed E-state index contributed by atoms with van der Waals surface area (Å²) in [4.78, 5) is 4.05. The molecular formula is C8H14N2. The fourth-order valence-corrected chi connectivity index (χ4v) is 0.567. The van der Waals surface area contributed by atoms with E-state index >= 15 is 0 Å². The Morgan fingerprint density at radius 3 is 2.50 bits per heavy atom. The summed E-state index contributed by atoms with van der Waals surface area (Å²) in [6, 6.07) is 0. The SMILES string of the molecule is C=CC(=N/C=C\N)C(C)C. The smallest absolute Gasteiger partial charge is 0.0426 e. The first kappa shape index (κ1) is 8.95. The Morgan fingerprint density at radius 1 is 1.60 bits per heavy atom. The van der Waals surface area contributed by atoms with E-state index in [-0.39, 0.29) is 0 Å². The fourth-order valence-electron chi connectivity index (χ4n) is 0.567. The zero-order chi connectivity index (χ0) is 7.98. The molecule has 0 aliphatic rings. The molecule has 0 fully saturated rings. The van der Waals surface area contributed by atoms with Crippen LogP contribution in [0.2, 0.25) is 0 Å². The molecule has 0 amide bonds. The third kappa shape index (κ3) is 3.07. The molecule has 0 aliphatic heterocycles. The Morgan fingerprint density at radius 2 is 2.20 bits per heavy atom. The van der Waals surface area contributed by atoms with Crippen LogP contribution in [0.5, 0.6) is 0 Å². The molecule has 0 spiro atoms. The minimum absolute atomic E-state index is 0.411. The maximum atomic E-state index is 5.11. The number of rotatable bonds is 3. The van der Waals surface area contributed by atoms with E-state index in [1.165, 1.54) is 6.20 Å². The molecule has 0 heterocycles. The van der Waals surface area contributed by atoms with Crippen molar-refractivity contribution < 1.29 is 0 Å². The van der Waals surface area contributed by atoms with E-state index in [1.807, 2.05) is 0 Å². The molecule has 0 saturated heterocycles. The summed E-state index contributed by atoms with van der Waals surface area (Å²) in [6.45, 7) is 7.75. The van der Waals surface area contributed by atoms with Crippen LogP contribution in [0.4, 0.5) is 0 Å². The normalized spacial score (nSPS) is 12.9. The van der Waals surface area contributed by atoms with Crippen LogP contribution in [0.3, 0.4) is 0 Å². The standard InChI is InChI=1S/C8H14N2/c1-4-8(7(2)3)10-6-5-9/h4-7H,1,9H2,2-3H3/b6-5-,10-8?. The number of nitrogens with zero attached hydrogens (tertiary/aromatic N) is 1. The zero-order valence-electron chi connectivity index (χ0n) is 6.54. The highest BCUT2D eigenvalue weighted by molar-refractivity contribution is 5.96. The monoisotopic (exact) mass is 138 g/mol. The maximum Gasteiger partial charge on any atom is 0.0426 e. The van der Waals surface area contributed by atoms with Crippen LogP contribution in [0.25, 0.3) is 0 Å². The third-order valence-corrected chi connectivity index (χ3v) is 1.11. The minimum atomic E-state index is 0.411. The van der Waals surface area contributed by atoms with E-state index in [2.05, 4.69) is 25.4 Å². The molecule has 0 radical (unpaired) electrons. The molecule has 0 bridgehead atoms. The van der Waals surface area contributed by atoms with Gasteiger partial charge in [-0.2, -0.15) is 0 Å². The predicted molar refractivity (Wildman–Crippen MR) is 45.8 cm³/mol. The van der Waals surface area contributed by atoms with E-state index in [1.54, 1.807) is 12.3 Å². The molecule has 2 nitrogen and oxygen atoms in total. The van der Waals surface area contributed by atoms with Crippen molar-refractivity contribution in [3.8, 4) is 0 Å². The molecule has 0 aromatic rings. The highest BCUT2D eigenvalue weighted by Gasteiger charge is 1.96. The van der Waals surface area contributed by atoms with Gasteiger partial charge in [0.25, 0.3) is 0 Å². The fraction of sp³-hybridized carbons (Fsp3) is 0.375. The Hall–Kier alpha value is -1.05. The Bertz CT molecular complexity index is 155. The van der Waals surface area contributed by atoms with E-state index in [9.17, 15) is 0 Å². The van der Waals surface area contributed by atoms with Crippen molar-refractivity contribution in [2.75, 3.05) is 0 Å². The van der Waals surface area contributed by atoms with Gasteiger partial charge < -0.3 is 5.73 Å². The summed E-state index contributed by atoms with van der Waals surface area (Å²) in [6.07, 6.45) is 4.72. The molecule has 10 heavy (non-hydrogen) atoms. The predicted octanol–water partition coefficient (Wildman–Crippen LogP) is 1.70. The first-order chi connectivity index (χ1) is 4.72. The van der Waals surface area contributed by atoms with Crippen LogP contribution in [-0.2, 0) is 0 Å². The zero-order valence-corrected chi connectivity index (χ0v) is 6.54. The summed E-state index contributed by atoms with van der Waals surface area (Å²) < 4.78 is 0. The Kier molecular flexibility index (Phi) is 4.29. The van der Waals surface area contributed by atoms with E-state index in [4.69, 9.17) is 5.73 Å². The second-order valence-electron chi connectivity index (χ2n) is 2.25. The van der Waals surface area contributed by atoms with Gasteiger partial charge in [0.2, 0.25) is 0 Å². The third-order valence-electron chi connectivity index (χ3n) is 1.11. The van der Waals surface area contributed by atoms with Crippen molar-refractivity contribution in [1.82, 2.24) is 0 Å². The van der Waals surface area contributed by atoms with Gasteiger partial charge in [-0.1, -0.05) is 20.4 Å². The van der Waals surface area contributed by atoms with Crippen LogP contribution >= 0.6 is 0 Å². The lowest BCUT2D eigenvalue weighted by Crippen LogP contribution is -2.02. The molecule has 0 aromatic carbocycles. The summed E-state index contributed by atoms with van der Waals surface area (Å²) in [5.74, 6) is 0.411. The average molecular weight is 138 g/mol. The van der Waals surface area contributed by atoms with Gasteiger partial charge in [-0.3, -0.25) is 4.99 Å². The lowest BCUT2D eigenvalue weighted by atomic mass is 10.1. The first-order valence-electron chi connectivity index (χ1n) is 3.29. The molecule has 0 rings (SSSR count). The van der Waals surface area contributed by atoms with Crippen LogP contribution in [-0.4, -0.2) is 5.71 Å². The van der Waals surface area contributed by atoms with Gasteiger partial charge in [0.05, 0.1) is 0 Å². The summed E-state index contributed by atoms with van der Waals surface area (Å²) >= 11 is 0. The van der Waals surface area contributed by atoms with Crippen LogP contribution in [0.15, 0.2) is 30.0 Å². The van der Waals surface area contributed by atoms with Gasteiger partial charge in [0.1, 0.15) is 0 Å². The van der Waals surface area contributed by atoms with E-state index < -0.39 is 0 Å². The number of nitrogens with two attached hydrogens (primary N) is 1. The van der Waals surface area contributed by atoms with Crippen molar-refractivity contribution in [2.24, 2.45) is 16.6 Å². The molecule has 2 N–H and O–H groups in total. The number of allylic oxidation sites excluding steroid dienone is 1. The molecular weight excluding hydrogens is 124 g/mol. The Labute approximate surface area is 62.1 Å². The Balaban J connectivity index is 4.18. The van der Waals surface area contributed by atoms with Crippen LogP contribution in [0.1, 0.15) is 13.8 Å². The second kappa shape index (κ2) is 4.79. The van der Waals surface area contributed by atoms with Crippen molar-refractivity contribution in [2.45, 2.75) is 13.8 Å². The van der Waals surface area contributed by atoms with Gasteiger partial charge in [-0.05, 0) is 12.0 Å². The maximum absolute atomic E-state index is 5.11. The van der Waals surface area contributed by atoms with Gasteiger partial charge in [-0.25, -0.2) is 0 Å². The molecule has 2 heteroatoms. The molecule has 0 aliphatic carbocycles. The largest absolute Gasteiger partial charge is 0.403 e. The van der Waals surface area contributed by atoms with Gasteiger partial charge >= 0.3 is 0 Å². The van der Waals surface area contributed by atoms with Crippen molar-refractivity contribution in [3.63, 3.8) is 0 Å². The minimum Gasteiger partial charge on any atom is -0.403 e. The summed E-state index contributed by atoms with van der Waals surface area (Å²) in [5.41, 5.74) is 6.07. The number of hydrogen-bond acceptors (Lipinski definition) is 2. The van der Waals surface area contributed by atoms with Crippen molar-refractivity contribution >= 4 is 5.71 Å². The molecule has 0 unspecified atom stereocenters. The molecule has 0 saturated carbocycles. The van der Waals surface area contributed by atoms with E-state index in [0.717, 1.165) is 5.71 Å². The van der Waals surface area contributed by atoms with Crippen LogP contribution in [0, 0.1) is 5.92 Å². The molecule has 56 valence electrons. The number of aliphatic imine (C=N–C) groups is 1. The quantitative estimate of drug-likeness (QED) is 0.592. The van der Waals surface area contributed by atoms with Crippen molar-refractivity contribution in [3.05, 3.63) is 25.1 Å². The van der Waals surface area contributed by atoms with Gasteiger partial charge in [0, 0.05) is 18.1 Å². The lowest BCUT2D eigenvalue weighted by molar-refractivity contribution is 0.889. The second-order valence-corrected chi connectivity index (χ2v) is 2.25. The van der Waals surface area contributed by atoms with Gasteiger partial charge in [-0.15, -0.1) is 0 Å². The lowest BCUT2D eigenvalue weighted by Gasteiger charge is -2.00. The van der Waals surface area contributed by atoms with Gasteiger partial charge in [0.15, 0.2) is 0 Å². The molecule has 0 aromatic heterocycles. The summed E-state index contributed by atoms with van der Waals surface area (Å²) in [5, 5.41) is 0. The topological polar surface area (TPSA) is 38.4 Å². The van der Waals surface area contributed by atoms with Crippen molar-refractivity contribution in [1.29, 1.82) is 0 Å². The molecule has 0 atom stereocenters. The summed E-state index contributed by atoms with van der Waals surface area (Å²) in [7, 11) is 0. The first-order valence-corrected chi connectivity index (χ1v) is 3.29.